The Kier molecular flexibility index (Phi) is 4.79. The van der Waals surface area contributed by atoms with Gasteiger partial charge in [0.2, 0.25) is 0 Å². The minimum atomic E-state index is 0.128. The van der Waals surface area contributed by atoms with Crippen LogP contribution >= 0.6 is 22.6 Å². The van der Waals surface area contributed by atoms with Gasteiger partial charge in [-0.3, -0.25) is 4.79 Å². The Balaban J connectivity index is 1.82. The third-order valence-corrected chi connectivity index (χ3v) is 3.82. The van der Waals surface area contributed by atoms with Crippen molar-refractivity contribution in [3.8, 4) is 0 Å². The molecule has 1 fully saturated rings. The fourth-order valence-corrected chi connectivity index (χ4v) is 2.55. The zero-order valence-corrected chi connectivity index (χ0v) is 12.0. The fourth-order valence-electron chi connectivity index (χ4n) is 2.19. The second-order valence-electron chi connectivity index (χ2n) is 4.54. The topological polar surface area (TPSA) is 33.5 Å². The molecular formula is C13H18IN2O+. The maximum Gasteiger partial charge on any atom is 0.279 e. The van der Waals surface area contributed by atoms with Crippen molar-refractivity contribution >= 4 is 34.2 Å². The Hall–Kier alpha value is -0.620. The largest absolute Gasteiger partial charge is 0.327 e. The van der Waals surface area contributed by atoms with E-state index in [1.807, 2.05) is 24.3 Å². The highest BCUT2D eigenvalue weighted by Crippen LogP contribution is 2.10. The molecule has 1 aliphatic rings. The molecule has 1 aromatic rings. The van der Waals surface area contributed by atoms with Crippen molar-refractivity contribution < 1.29 is 9.69 Å². The molecule has 0 atom stereocenters. The maximum atomic E-state index is 11.8. The van der Waals surface area contributed by atoms with Gasteiger partial charge in [0, 0.05) is 9.26 Å². The Labute approximate surface area is 116 Å². The number of nitrogens with one attached hydrogen (secondary N) is 2. The highest BCUT2D eigenvalue weighted by Gasteiger charge is 2.17. The van der Waals surface area contributed by atoms with E-state index in [-0.39, 0.29) is 5.91 Å². The van der Waals surface area contributed by atoms with Gasteiger partial charge in [0.15, 0.2) is 6.54 Å². The standard InChI is InChI=1S/C13H17IN2O/c14-11-4-6-12(7-5-11)15-13(17)10-16-8-2-1-3-9-16/h4-7H,1-3,8-10H2,(H,15,17)/p+1. The van der Waals surface area contributed by atoms with Gasteiger partial charge in [0.25, 0.3) is 5.91 Å². The van der Waals surface area contributed by atoms with Crippen LogP contribution < -0.4 is 10.2 Å². The van der Waals surface area contributed by atoms with Crippen LogP contribution in [-0.2, 0) is 4.79 Å². The molecule has 0 aromatic heterocycles. The number of amides is 1. The summed E-state index contributed by atoms with van der Waals surface area (Å²) in [6, 6.07) is 7.91. The first-order chi connectivity index (χ1) is 8.24. The third-order valence-electron chi connectivity index (χ3n) is 3.10. The average molecular weight is 345 g/mol. The minimum absolute atomic E-state index is 0.128. The number of rotatable bonds is 3. The van der Waals surface area contributed by atoms with E-state index >= 15 is 0 Å². The molecule has 2 N–H and O–H groups in total. The van der Waals surface area contributed by atoms with Crippen LogP contribution in [0.15, 0.2) is 24.3 Å². The SMILES string of the molecule is O=C(C[NH+]1CCCCC1)Nc1ccc(I)cc1. The minimum Gasteiger partial charge on any atom is -0.327 e. The molecular weight excluding hydrogens is 327 g/mol. The summed E-state index contributed by atoms with van der Waals surface area (Å²) in [5.74, 6) is 0.128. The summed E-state index contributed by atoms with van der Waals surface area (Å²) in [7, 11) is 0. The van der Waals surface area contributed by atoms with Gasteiger partial charge in [-0.25, -0.2) is 0 Å². The monoisotopic (exact) mass is 345 g/mol. The van der Waals surface area contributed by atoms with Crippen LogP contribution in [0.25, 0.3) is 0 Å². The summed E-state index contributed by atoms with van der Waals surface area (Å²) >= 11 is 2.26. The summed E-state index contributed by atoms with van der Waals surface area (Å²) in [5, 5.41) is 2.95. The number of piperidine rings is 1. The summed E-state index contributed by atoms with van der Waals surface area (Å²) in [6.07, 6.45) is 3.83. The Morgan fingerprint density at radius 1 is 1.18 bits per heavy atom. The van der Waals surface area contributed by atoms with Crippen molar-refractivity contribution in [2.24, 2.45) is 0 Å². The van der Waals surface area contributed by atoms with E-state index < -0.39 is 0 Å². The molecule has 2 rings (SSSR count). The third kappa shape index (κ3) is 4.27. The molecule has 4 heteroatoms. The molecule has 0 unspecified atom stereocenters. The van der Waals surface area contributed by atoms with Crippen molar-refractivity contribution in [1.29, 1.82) is 0 Å². The van der Waals surface area contributed by atoms with Crippen LogP contribution in [-0.4, -0.2) is 25.5 Å². The smallest absolute Gasteiger partial charge is 0.279 e. The van der Waals surface area contributed by atoms with Crippen molar-refractivity contribution in [1.82, 2.24) is 0 Å². The Morgan fingerprint density at radius 2 is 1.82 bits per heavy atom. The number of anilines is 1. The second kappa shape index (κ2) is 6.35. The number of carbonyl (C=O) groups is 1. The molecule has 0 aliphatic carbocycles. The van der Waals surface area contributed by atoms with Crippen LogP contribution in [0.5, 0.6) is 0 Å². The van der Waals surface area contributed by atoms with E-state index in [0.717, 1.165) is 18.8 Å². The average Bonchev–Trinajstić information content (AvgIpc) is 2.33. The first kappa shape index (κ1) is 12.8. The van der Waals surface area contributed by atoms with E-state index in [1.54, 1.807) is 0 Å². The van der Waals surface area contributed by atoms with Crippen LogP contribution in [0.4, 0.5) is 5.69 Å². The van der Waals surface area contributed by atoms with E-state index in [0.29, 0.717) is 6.54 Å². The first-order valence-electron chi connectivity index (χ1n) is 6.13. The van der Waals surface area contributed by atoms with E-state index in [2.05, 4.69) is 27.9 Å². The summed E-state index contributed by atoms with van der Waals surface area (Å²) in [5.41, 5.74) is 0.895. The van der Waals surface area contributed by atoms with Crippen molar-refractivity contribution in [2.75, 3.05) is 25.0 Å². The highest BCUT2D eigenvalue weighted by molar-refractivity contribution is 14.1. The van der Waals surface area contributed by atoms with Gasteiger partial charge in [0.1, 0.15) is 0 Å². The van der Waals surface area contributed by atoms with Gasteiger partial charge < -0.3 is 10.2 Å². The summed E-state index contributed by atoms with van der Waals surface area (Å²) in [6.45, 7) is 2.88. The van der Waals surface area contributed by atoms with Crippen LogP contribution in [0.1, 0.15) is 19.3 Å². The number of halogens is 1. The first-order valence-corrected chi connectivity index (χ1v) is 7.21. The van der Waals surface area contributed by atoms with Gasteiger partial charge >= 0.3 is 0 Å². The molecule has 0 saturated carbocycles. The van der Waals surface area contributed by atoms with Crippen molar-refractivity contribution in [2.45, 2.75) is 19.3 Å². The zero-order valence-electron chi connectivity index (χ0n) is 9.84. The lowest BCUT2D eigenvalue weighted by atomic mass is 10.1. The number of benzene rings is 1. The van der Waals surface area contributed by atoms with Crippen LogP contribution in [0, 0.1) is 3.57 Å². The van der Waals surface area contributed by atoms with Crippen LogP contribution in [0.3, 0.4) is 0 Å². The lowest BCUT2D eigenvalue weighted by molar-refractivity contribution is -0.896. The van der Waals surface area contributed by atoms with Crippen molar-refractivity contribution in [3.63, 3.8) is 0 Å². The predicted molar refractivity (Wildman–Crippen MR) is 77.2 cm³/mol. The quantitative estimate of drug-likeness (QED) is 0.796. The van der Waals surface area contributed by atoms with Gasteiger partial charge in [-0.1, -0.05) is 0 Å². The van der Waals surface area contributed by atoms with Gasteiger partial charge in [-0.05, 0) is 66.1 Å². The molecule has 0 spiro atoms. The molecule has 3 nitrogen and oxygen atoms in total. The number of carbonyl (C=O) groups excluding carboxylic acids is 1. The van der Waals surface area contributed by atoms with E-state index in [4.69, 9.17) is 0 Å². The molecule has 1 heterocycles. The summed E-state index contributed by atoms with van der Waals surface area (Å²) in [4.78, 5) is 13.2. The number of quaternary nitrogens is 1. The molecule has 1 aromatic carbocycles. The van der Waals surface area contributed by atoms with E-state index in [9.17, 15) is 4.79 Å². The summed E-state index contributed by atoms with van der Waals surface area (Å²) < 4.78 is 1.18. The number of hydrogen-bond donors (Lipinski definition) is 2. The van der Waals surface area contributed by atoms with Gasteiger partial charge in [0.05, 0.1) is 13.1 Å². The second-order valence-corrected chi connectivity index (χ2v) is 5.79. The Bertz CT molecular complexity index is 372. The maximum absolute atomic E-state index is 11.8. The molecule has 0 bridgehead atoms. The van der Waals surface area contributed by atoms with Gasteiger partial charge in [-0.15, -0.1) is 0 Å². The zero-order chi connectivity index (χ0) is 12.1. The normalized spacial score (nSPS) is 16.8. The predicted octanol–water partition coefficient (Wildman–Crippen LogP) is 1.30. The number of hydrogen-bond acceptors (Lipinski definition) is 1. The molecule has 92 valence electrons. The molecule has 17 heavy (non-hydrogen) atoms. The molecule has 0 radical (unpaired) electrons. The lowest BCUT2D eigenvalue weighted by Gasteiger charge is -2.22. The Morgan fingerprint density at radius 3 is 2.47 bits per heavy atom. The van der Waals surface area contributed by atoms with Crippen LogP contribution in [0.2, 0.25) is 0 Å². The molecule has 1 aliphatic heterocycles. The van der Waals surface area contributed by atoms with Gasteiger partial charge in [-0.2, -0.15) is 0 Å². The lowest BCUT2D eigenvalue weighted by Crippen LogP contribution is -3.13. The highest BCUT2D eigenvalue weighted by atomic mass is 127. The van der Waals surface area contributed by atoms with Crippen molar-refractivity contribution in [3.05, 3.63) is 27.8 Å². The number of likely N-dealkylation sites (tertiary alicyclic amines) is 1. The molecule has 1 saturated heterocycles. The fraction of sp³-hybridized carbons (Fsp3) is 0.462. The molecule has 1 amide bonds. The van der Waals surface area contributed by atoms with E-state index in [1.165, 1.54) is 27.7 Å².